The molecule has 0 bridgehead atoms. The van der Waals surface area contributed by atoms with Gasteiger partial charge in [-0.05, 0) is 25.1 Å². The fraction of sp³-hybridized carbons (Fsp3) is 0.667. The summed E-state index contributed by atoms with van der Waals surface area (Å²) in [7, 11) is 0. The van der Waals surface area contributed by atoms with Crippen molar-refractivity contribution in [2.24, 2.45) is 0 Å². The molecule has 0 aliphatic carbocycles. The molecule has 2 rings (SSSR count). The molecule has 1 atom stereocenters. The number of hydrogen-bond acceptors (Lipinski definition) is 4. The second-order valence-electron chi connectivity index (χ2n) is 4.80. The van der Waals surface area contributed by atoms with Gasteiger partial charge < -0.3 is 4.90 Å². The van der Waals surface area contributed by atoms with Gasteiger partial charge in [0, 0.05) is 31.7 Å². The molecule has 0 N–H and O–H groups in total. The van der Waals surface area contributed by atoms with Crippen LogP contribution in [0.3, 0.4) is 0 Å². The summed E-state index contributed by atoms with van der Waals surface area (Å²) in [5.74, 6) is 0.236. The highest BCUT2D eigenvalue weighted by atomic mass is 35.5. The van der Waals surface area contributed by atoms with Crippen molar-refractivity contribution in [1.82, 2.24) is 14.9 Å². The van der Waals surface area contributed by atoms with Crippen LogP contribution in [0.2, 0.25) is 5.28 Å². The Balaban J connectivity index is 2.23. The number of aromatic nitrogens is 2. The Morgan fingerprint density at radius 3 is 2.60 bits per heavy atom. The lowest BCUT2D eigenvalue weighted by Crippen LogP contribution is -2.52. The van der Waals surface area contributed by atoms with Crippen molar-refractivity contribution < 1.29 is 13.2 Å². The van der Waals surface area contributed by atoms with Gasteiger partial charge in [0.15, 0.2) is 5.69 Å². The SMILES string of the molecule is CCN1CCN(c2cc(C(F)(F)F)nc(Cl)n2)CC1C. The van der Waals surface area contributed by atoms with E-state index in [1.165, 1.54) is 0 Å². The Hall–Kier alpha value is -1.08. The van der Waals surface area contributed by atoms with E-state index in [9.17, 15) is 13.2 Å². The summed E-state index contributed by atoms with van der Waals surface area (Å²) >= 11 is 5.61. The zero-order valence-corrected chi connectivity index (χ0v) is 12.0. The summed E-state index contributed by atoms with van der Waals surface area (Å²) in [5.41, 5.74) is -1.00. The van der Waals surface area contributed by atoms with Crippen LogP contribution in [-0.4, -0.2) is 47.1 Å². The van der Waals surface area contributed by atoms with E-state index in [4.69, 9.17) is 11.6 Å². The number of hydrogen-bond donors (Lipinski definition) is 0. The highest BCUT2D eigenvalue weighted by Crippen LogP contribution is 2.31. The van der Waals surface area contributed by atoms with Crippen molar-refractivity contribution in [3.8, 4) is 0 Å². The van der Waals surface area contributed by atoms with Crippen LogP contribution < -0.4 is 4.90 Å². The van der Waals surface area contributed by atoms with Crippen LogP contribution in [0.1, 0.15) is 19.5 Å². The van der Waals surface area contributed by atoms with Crippen LogP contribution in [0.5, 0.6) is 0 Å². The fourth-order valence-electron chi connectivity index (χ4n) is 2.39. The monoisotopic (exact) mass is 308 g/mol. The van der Waals surface area contributed by atoms with Crippen molar-refractivity contribution in [3.05, 3.63) is 17.0 Å². The Morgan fingerprint density at radius 1 is 1.35 bits per heavy atom. The molecule has 1 aliphatic rings. The number of likely N-dealkylation sites (N-methyl/N-ethyl adjacent to an activating group) is 1. The van der Waals surface area contributed by atoms with E-state index in [0.717, 1.165) is 19.2 Å². The summed E-state index contributed by atoms with van der Waals surface area (Å²) in [5, 5.41) is -0.375. The minimum atomic E-state index is -4.52. The minimum Gasteiger partial charge on any atom is -0.354 e. The highest BCUT2D eigenvalue weighted by Gasteiger charge is 2.34. The van der Waals surface area contributed by atoms with Gasteiger partial charge in [-0.25, -0.2) is 9.97 Å². The molecular formula is C12H16ClF3N4. The van der Waals surface area contributed by atoms with Gasteiger partial charge in [-0.2, -0.15) is 13.2 Å². The molecule has 1 aliphatic heterocycles. The van der Waals surface area contributed by atoms with Gasteiger partial charge in [-0.1, -0.05) is 6.92 Å². The van der Waals surface area contributed by atoms with Crippen molar-refractivity contribution >= 4 is 17.4 Å². The quantitative estimate of drug-likeness (QED) is 0.786. The molecule has 1 saturated heterocycles. The maximum absolute atomic E-state index is 12.7. The van der Waals surface area contributed by atoms with Gasteiger partial charge in [0.1, 0.15) is 5.82 Å². The largest absolute Gasteiger partial charge is 0.433 e. The molecule has 1 fully saturated rings. The molecule has 0 aromatic carbocycles. The number of anilines is 1. The predicted molar refractivity (Wildman–Crippen MR) is 71.0 cm³/mol. The maximum atomic E-state index is 12.7. The van der Waals surface area contributed by atoms with Crippen molar-refractivity contribution in [2.45, 2.75) is 26.1 Å². The molecule has 0 amide bonds. The van der Waals surface area contributed by atoms with Crippen LogP contribution >= 0.6 is 11.6 Å². The van der Waals surface area contributed by atoms with E-state index >= 15 is 0 Å². The molecule has 0 spiro atoms. The molecule has 112 valence electrons. The third-order valence-corrected chi connectivity index (χ3v) is 3.64. The molecular weight excluding hydrogens is 293 g/mol. The molecule has 2 heterocycles. The van der Waals surface area contributed by atoms with Gasteiger partial charge in [-0.15, -0.1) is 0 Å². The molecule has 4 nitrogen and oxygen atoms in total. The Kier molecular flexibility index (Phi) is 4.39. The second kappa shape index (κ2) is 5.73. The smallest absolute Gasteiger partial charge is 0.354 e. The summed E-state index contributed by atoms with van der Waals surface area (Å²) in [4.78, 5) is 11.2. The minimum absolute atomic E-state index is 0.236. The summed E-state index contributed by atoms with van der Waals surface area (Å²) in [6.07, 6.45) is -4.52. The molecule has 1 aromatic heterocycles. The molecule has 0 radical (unpaired) electrons. The Bertz CT molecular complexity index is 480. The van der Waals surface area contributed by atoms with Crippen LogP contribution in [-0.2, 0) is 6.18 Å². The topological polar surface area (TPSA) is 32.3 Å². The van der Waals surface area contributed by atoms with Gasteiger partial charge in [-0.3, -0.25) is 4.90 Å². The van der Waals surface area contributed by atoms with Gasteiger partial charge in [0.25, 0.3) is 0 Å². The maximum Gasteiger partial charge on any atom is 0.433 e. The third-order valence-electron chi connectivity index (χ3n) is 3.47. The van der Waals surface area contributed by atoms with E-state index in [-0.39, 0.29) is 17.1 Å². The molecule has 8 heteroatoms. The first-order valence-corrected chi connectivity index (χ1v) is 6.80. The zero-order chi connectivity index (χ0) is 14.9. The van der Waals surface area contributed by atoms with E-state index in [2.05, 4.69) is 21.8 Å². The number of alkyl halides is 3. The number of piperazine rings is 1. The third kappa shape index (κ3) is 3.32. The summed E-state index contributed by atoms with van der Waals surface area (Å²) in [6, 6.07) is 1.22. The summed E-state index contributed by atoms with van der Waals surface area (Å²) in [6.45, 7) is 7.08. The summed E-state index contributed by atoms with van der Waals surface area (Å²) < 4.78 is 38.2. The normalized spacial score (nSPS) is 21.3. The van der Waals surface area contributed by atoms with Gasteiger partial charge in [0.05, 0.1) is 0 Å². The number of halogens is 4. The highest BCUT2D eigenvalue weighted by molar-refractivity contribution is 6.28. The standard InChI is InChI=1S/C12H16ClF3N4/c1-3-19-4-5-20(7-8(19)2)10-6-9(12(14,15)16)17-11(13)18-10/h6,8H,3-5,7H2,1-2H3. The van der Waals surface area contributed by atoms with Crippen molar-refractivity contribution in [1.29, 1.82) is 0 Å². The molecule has 1 aromatic rings. The van der Waals surface area contributed by atoms with Crippen LogP contribution in [0.25, 0.3) is 0 Å². The van der Waals surface area contributed by atoms with Crippen LogP contribution in [0.4, 0.5) is 19.0 Å². The fourth-order valence-corrected chi connectivity index (χ4v) is 2.56. The molecule has 1 unspecified atom stereocenters. The lowest BCUT2D eigenvalue weighted by molar-refractivity contribution is -0.141. The zero-order valence-electron chi connectivity index (χ0n) is 11.3. The van der Waals surface area contributed by atoms with Crippen molar-refractivity contribution in [3.63, 3.8) is 0 Å². The average molecular weight is 309 g/mol. The van der Waals surface area contributed by atoms with E-state index < -0.39 is 11.9 Å². The van der Waals surface area contributed by atoms with Crippen LogP contribution in [0, 0.1) is 0 Å². The first-order chi connectivity index (χ1) is 9.31. The van der Waals surface area contributed by atoms with E-state index in [0.29, 0.717) is 13.1 Å². The molecule has 0 saturated carbocycles. The molecule has 20 heavy (non-hydrogen) atoms. The average Bonchev–Trinajstić information content (AvgIpc) is 2.37. The van der Waals surface area contributed by atoms with Gasteiger partial charge in [0.2, 0.25) is 5.28 Å². The van der Waals surface area contributed by atoms with Crippen molar-refractivity contribution in [2.75, 3.05) is 31.1 Å². The van der Waals surface area contributed by atoms with Crippen LogP contribution in [0.15, 0.2) is 6.07 Å². The predicted octanol–water partition coefficient (Wildman–Crippen LogP) is 2.68. The first kappa shape index (κ1) is 15.3. The van der Waals surface area contributed by atoms with E-state index in [1.54, 1.807) is 0 Å². The number of rotatable bonds is 2. The second-order valence-corrected chi connectivity index (χ2v) is 5.14. The van der Waals surface area contributed by atoms with E-state index in [1.807, 2.05) is 11.8 Å². The van der Waals surface area contributed by atoms with Gasteiger partial charge >= 0.3 is 6.18 Å². The first-order valence-electron chi connectivity index (χ1n) is 6.42. The Morgan fingerprint density at radius 2 is 2.05 bits per heavy atom. The lowest BCUT2D eigenvalue weighted by atomic mass is 10.2. The Labute approximate surface area is 120 Å². The lowest BCUT2D eigenvalue weighted by Gasteiger charge is -2.40. The number of nitrogens with zero attached hydrogens (tertiary/aromatic N) is 4.